The highest BCUT2D eigenvalue weighted by Gasteiger charge is 2.41. The Morgan fingerprint density at radius 2 is 2.16 bits per heavy atom. The first kappa shape index (κ1) is 14.0. The molecule has 0 spiro atoms. The lowest BCUT2D eigenvalue weighted by Crippen LogP contribution is -2.37. The van der Waals surface area contributed by atoms with Crippen LogP contribution in [0.5, 0.6) is 0 Å². The summed E-state index contributed by atoms with van der Waals surface area (Å²) >= 11 is 0. The Hall–Kier alpha value is -1.45. The van der Waals surface area contributed by atoms with Crippen molar-refractivity contribution in [1.82, 2.24) is 4.98 Å². The van der Waals surface area contributed by atoms with Crippen molar-refractivity contribution >= 4 is 5.97 Å². The van der Waals surface area contributed by atoms with Crippen LogP contribution in [-0.4, -0.2) is 16.1 Å². The van der Waals surface area contributed by atoms with Gasteiger partial charge in [0.15, 0.2) is 0 Å². The van der Waals surface area contributed by atoms with Crippen LogP contribution in [0.15, 0.2) is 18.5 Å². The van der Waals surface area contributed by atoms with E-state index in [9.17, 15) is 14.3 Å². The van der Waals surface area contributed by atoms with Gasteiger partial charge < -0.3 is 5.11 Å². The van der Waals surface area contributed by atoms with Crippen LogP contribution in [0.2, 0.25) is 0 Å². The third-order valence-corrected chi connectivity index (χ3v) is 4.40. The van der Waals surface area contributed by atoms with E-state index in [2.05, 4.69) is 11.9 Å². The Kier molecular flexibility index (Phi) is 4.17. The van der Waals surface area contributed by atoms with Crippen LogP contribution in [0.25, 0.3) is 0 Å². The lowest BCUT2D eigenvalue weighted by Gasteiger charge is -2.36. The van der Waals surface area contributed by atoms with Gasteiger partial charge in [0.2, 0.25) is 0 Å². The smallest absolute Gasteiger partial charge is 0.309 e. The van der Waals surface area contributed by atoms with E-state index in [1.165, 1.54) is 6.07 Å². The first-order valence-corrected chi connectivity index (χ1v) is 6.88. The minimum atomic E-state index is -0.758. The summed E-state index contributed by atoms with van der Waals surface area (Å²) in [7, 11) is 0. The summed E-state index contributed by atoms with van der Waals surface area (Å²) in [5.41, 5.74) is -0.0569. The zero-order valence-corrected chi connectivity index (χ0v) is 11.2. The van der Waals surface area contributed by atoms with E-state index in [0.717, 1.165) is 25.5 Å². The molecular weight excluding hydrogens is 245 g/mol. The first-order chi connectivity index (χ1) is 9.05. The molecule has 0 amide bonds. The highest BCUT2D eigenvalue weighted by molar-refractivity contribution is 5.75. The number of rotatable bonds is 4. The van der Waals surface area contributed by atoms with E-state index >= 15 is 0 Å². The molecule has 104 valence electrons. The molecule has 19 heavy (non-hydrogen) atoms. The highest BCUT2D eigenvalue weighted by Crippen LogP contribution is 2.42. The summed E-state index contributed by atoms with van der Waals surface area (Å²) in [5.74, 6) is -0.523. The number of carboxylic acids is 1. The van der Waals surface area contributed by atoms with Crippen LogP contribution in [-0.2, 0) is 11.2 Å². The van der Waals surface area contributed by atoms with Crippen LogP contribution in [0, 0.1) is 17.2 Å². The van der Waals surface area contributed by atoms with Gasteiger partial charge in [-0.1, -0.05) is 13.3 Å². The van der Waals surface area contributed by atoms with Crippen LogP contribution < -0.4 is 0 Å². The van der Waals surface area contributed by atoms with Crippen LogP contribution in [0.1, 0.15) is 44.6 Å². The average molecular weight is 265 g/mol. The van der Waals surface area contributed by atoms with Crippen molar-refractivity contribution in [1.29, 1.82) is 0 Å². The van der Waals surface area contributed by atoms with Crippen molar-refractivity contribution < 1.29 is 14.3 Å². The number of aromatic nitrogens is 1. The minimum Gasteiger partial charge on any atom is -0.481 e. The number of nitrogens with zero attached hydrogens (tertiary/aromatic N) is 1. The van der Waals surface area contributed by atoms with E-state index < -0.39 is 17.2 Å². The van der Waals surface area contributed by atoms with Crippen molar-refractivity contribution in [3.63, 3.8) is 0 Å². The summed E-state index contributed by atoms with van der Waals surface area (Å²) in [5, 5.41) is 9.56. The molecule has 1 aliphatic rings. The van der Waals surface area contributed by atoms with Crippen LogP contribution >= 0.6 is 0 Å². The van der Waals surface area contributed by atoms with E-state index in [0.29, 0.717) is 30.7 Å². The fraction of sp³-hybridized carbons (Fsp3) is 0.600. The fourth-order valence-corrected chi connectivity index (χ4v) is 3.05. The van der Waals surface area contributed by atoms with Gasteiger partial charge in [-0.2, -0.15) is 0 Å². The fourth-order valence-electron chi connectivity index (χ4n) is 3.05. The number of hydrogen-bond donors (Lipinski definition) is 1. The summed E-state index contributed by atoms with van der Waals surface area (Å²) in [6.45, 7) is 2.15. The second-order valence-corrected chi connectivity index (χ2v) is 5.63. The molecule has 1 fully saturated rings. The molecule has 4 heteroatoms. The second-order valence-electron chi connectivity index (χ2n) is 5.63. The quantitative estimate of drug-likeness (QED) is 0.907. The molecule has 1 N–H and O–H groups in total. The van der Waals surface area contributed by atoms with Gasteiger partial charge >= 0.3 is 5.97 Å². The Labute approximate surface area is 112 Å². The Balaban J connectivity index is 2.15. The Bertz CT molecular complexity index is 453. The summed E-state index contributed by atoms with van der Waals surface area (Å²) in [4.78, 5) is 15.4. The van der Waals surface area contributed by atoms with E-state index in [1.807, 2.05) is 0 Å². The molecule has 0 radical (unpaired) electrons. The molecule has 0 aliphatic heterocycles. The zero-order valence-electron chi connectivity index (χ0n) is 11.2. The van der Waals surface area contributed by atoms with Crippen LogP contribution in [0.4, 0.5) is 4.39 Å². The lowest BCUT2D eigenvalue weighted by molar-refractivity contribution is -0.151. The van der Waals surface area contributed by atoms with Gasteiger partial charge in [-0.15, -0.1) is 0 Å². The van der Waals surface area contributed by atoms with Gasteiger partial charge in [-0.05, 0) is 49.7 Å². The molecule has 1 aliphatic carbocycles. The molecule has 0 unspecified atom stereocenters. The standard InChI is InChI=1S/C15H20FNO2/c1-2-11-3-5-15(6-4-11,14(18)19)8-12-7-13(16)10-17-9-12/h7,9-11H,2-6,8H2,1H3,(H,18,19). The number of carbonyl (C=O) groups is 1. The monoisotopic (exact) mass is 265 g/mol. The van der Waals surface area contributed by atoms with Gasteiger partial charge in [-0.3, -0.25) is 9.78 Å². The number of pyridine rings is 1. The maximum atomic E-state index is 13.2. The maximum Gasteiger partial charge on any atom is 0.309 e. The molecule has 0 bridgehead atoms. The predicted molar refractivity (Wildman–Crippen MR) is 70.2 cm³/mol. The number of halogens is 1. The first-order valence-electron chi connectivity index (χ1n) is 6.88. The molecule has 0 aromatic carbocycles. The van der Waals surface area contributed by atoms with Gasteiger partial charge in [0.1, 0.15) is 5.82 Å². The van der Waals surface area contributed by atoms with Gasteiger partial charge in [0.25, 0.3) is 0 Å². The Morgan fingerprint density at radius 3 is 2.68 bits per heavy atom. The second kappa shape index (κ2) is 5.68. The summed E-state index contributed by atoms with van der Waals surface area (Å²) in [6.07, 6.45) is 7.46. The van der Waals surface area contributed by atoms with E-state index in [4.69, 9.17) is 0 Å². The van der Waals surface area contributed by atoms with Crippen molar-refractivity contribution in [3.8, 4) is 0 Å². The molecule has 2 rings (SSSR count). The normalized spacial score (nSPS) is 27.2. The molecule has 1 heterocycles. The average Bonchev–Trinajstić information content (AvgIpc) is 2.39. The van der Waals surface area contributed by atoms with Gasteiger partial charge in [0.05, 0.1) is 11.6 Å². The van der Waals surface area contributed by atoms with Gasteiger partial charge in [-0.25, -0.2) is 4.39 Å². The molecule has 1 saturated carbocycles. The zero-order chi connectivity index (χ0) is 13.9. The largest absolute Gasteiger partial charge is 0.481 e. The van der Waals surface area contributed by atoms with Crippen molar-refractivity contribution in [2.75, 3.05) is 0 Å². The van der Waals surface area contributed by atoms with Gasteiger partial charge in [0, 0.05) is 6.20 Å². The van der Waals surface area contributed by atoms with Crippen LogP contribution in [0.3, 0.4) is 0 Å². The number of hydrogen-bond acceptors (Lipinski definition) is 2. The van der Waals surface area contributed by atoms with E-state index in [-0.39, 0.29) is 0 Å². The number of aliphatic carboxylic acids is 1. The molecular formula is C15H20FNO2. The van der Waals surface area contributed by atoms with Crippen molar-refractivity contribution in [2.45, 2.75) is 45.4 Å². The van der Waals surface area contributed by atoms with Crippen molar-refractivity contribution in [3.05, 3.63) is 29.8 Å². The van der Waals surface area contributed by atoms with Crippen molar-refractivity contribution in [2.24, 2.45) is 11.3 Å². The molecule has 0 atom stereocenters. The molecule has 1 aromatic rings. The lowest BCUT2D eigenvalue weighted by atomic mass is 9.67. The number of carboxylic acid groups (broad SMARTS) is 1. The maximum absolute atomic E-state index is 13.2. The topological polar surface area (TPSA) is 50.2 Å². The summed E-state index contributed by atoms with van der Waals surface area (Å²) < 4.78 is 13.2. The third kappa shape index (κ3) is 3.11. The molecule has 0 saturated heterocycles. The predicted octanol–water partition coefficient (Wildman–Crippen LogP) is 3.43. The highest BCUT2D eigenvalue weighted by atomic mass is 19.1. The summed E-state index contributed by atoms with van der Waals surface area (Å²) in [6, 6.07) is 1.39. The molecule has 3 nitrogen and oxygen atoms in total. The van der Waals surface area contributed by atoms with E-state index in [1.54, 1.807) is 6.20 Å². The SMILES string of the molecule is CCC1CCC(Cc2cncc(F)c2)(C(=O)O)CC1. The minimum absolute atomic E-state index is 0.378. The third-order valence-electron chi connectivity index (χ3n) is 4.40. The Morgan fingerprint density at radius 1 is 1.47 bits per heavy atom. The molecule has 1 aromatic heterocycles.